The summed E-state index contributed by atoms with van der Waals surface area (Å²) in [6.07, 6.45) is 0. The number of thiophene rings is 1. The van der Waals surface area contributed by atoms with E-state index in [0.29, 0.717) is 11.3 Å². The van der Waals surface area contributed by atoms with E-state index in [0.717, 1.165) is 19.7 Å². The first-order valence-electron chi connectivity index (χ1n) is 5.05. The number of rotatable bonds is 1. The summed E-state index contributed by atoms with van der Waals surface area (Å²) in [4.78, 5) is 8.43. The molecule has 0 radical (unpaired) electrons. The minimum absolute atomic E-state index is 0.294. The Hall–Kier alpha value is -1.20. The van der Waals surface area contributed by atoms with E-state index in [1.807, 2.05) is 19.1 Å². The molecule has 0 fully saturated rings. The summed E-state index contributed by atoms with van der Waals surface area (Å²) in [7, 11) is 0. The Morgan fingerprint density at radius 1 is 1.41 bits per heavy atom. The molecular formula is C12H8BrFN2S. The summed E-state index contributed by atoms with van der Waals surface area (Å²) in [6, 6.07) is 6.95. The Bertz CT molecular complexity index is 682. The number of nitrogens with zero attached hydrogens (tertiary/aromatic N) is 1. The van der Waals surface area contributed by atoms with E-state index in [-0.39, 0.29) is 5.82 Å². The zero-order chi connectivity index (χ0) is 12.0. The van der Waals surface area contributed by atoms with Gasteiger partial charge < -0.3 is 4.98 Å². The van der Waals surface area contributed by atoms with Crippen molar-refractivity contribution in [1.82, 2.24) is 9.97 Å². The highest BCUT2D eigenvalue weighted by molar-refractivity contribution is 9.11. The number of hydrogen-bond donors (Lipinski definition) is 1. The molecule has 0 spiro atoms. The van der Waals surface area contributed by atoms with Gasteiger partial charge in [-0.15, -0.1) is 11.3 Å². The Morgan fingerprint density at radius 2 is 2.24 bits per heavy atom. The Labute approximate surface area is 110 Å². The van der Waals surface area contributed by atoms with Crippen molar-refractivity contribution in [3.8, 4) is 10.7 Å². The molecule has 2 aromatic heterocycles. The molecular weight excluding hydrogens is 303 g/mol. The average Bonchev–Trinajstić information content (AvgIpc) is 2.85. The van der Waals surface area contributed by atoms with Crippen LogP contribution in [0, 0.1) is 12.7 Å². The third kappa shape index (κ3) is 1.79. The standard InChI is InChI=1S/C12H8BrFN2S/c1-6-5-9(17-11(6)13)12-15-8-4-2-3-7(14)10(8)16-12/h2-5H,1H3,(H,15,16). The van der Waals surface area contributed by atoms with E-state index in [4.69, 9.17) is 0 Å². The molecule has 0 aliphatic carbocycles. The largest absolute Gasteiger partial charge is 0.337 e. The van der Waals surface area contributed by atoms with Crippen LogP contribution in [0.3, 0.4) is 0 Å². The van der Waals surface area contributed by atoms with E-state index in [2.05, 4.69) is 25.9 Å². The van der Waals surface area contributed by atoms with Crippen LogP contribution in [0.1, 0.15) is 5.56 Å². The van der Waals surface area contributed by atoms with E-state index >= 15 is 0 Å². The second kappa shape index (κ2) is 3.92. The maximum atomic E-state index is 13.5. The fourth-order valence-corrected chi connectivity index (χ4v) is 3.17. The third-order valence-corrected chi connectivity index (χ3v) is 4.70. The van der Waals surface area contributed by atoms with Gasteiger partial charge in [0.2, 0.25) is 0 Å². The van der Waals surface area contributed by atoms with Gasteiger partial charge in [0.1, 0.15) is 11.3 Å². The van der Waals surface area contributed by atoms with Gasteiger partial charge in [0.25, 0.3) is 0 Å². The van der Waals surface area contributed by atoms with Crippen LogP contribution in [0.5, 0.6) is 0 Å². The molecule has 0 aliphatic rings. The van der Waals surface area contributed by atoms with Crippen LogP contribution < -0.4 is 0 Å². The molecule has 1 N–H and O–H groups in total. The van der Waals surface area contributed by atoms with Crippen LogP contribution in [0.2, 0.25) is 0 Å². The molecule has 0 saturated heterocycles. The van der Waals surface area contributed by atoms with Gasteiger partial charge in [0, 0.05) is 0 Å². The first-order valence-corrected chi connectivity index (χ1v) is 6.66. The fraction of sp³-hybridized carbons (Fsp3) is 0.0833. The summed E-state index contributed by atoms with van der Waals surface area (Å²) >= 11 is 5.06. The van der Waals surface area contributed by atoms with Gasteiger partial charge in [-0.25, -0.2) is 9.37 Å². The number of H-pyrrole nitrogens is 1. The fourth-order valence-electron chi connectivity index (χ4n) is 1.69. The monoisotopic (exact) mass is 310 g/mol. The van der Waals surface area contributed by atoms with Crippen molar-refractivity contribution < 1.29 is 4.39 Å². The zero-order valence-electron chi connectivity index (χ0n) is 8.92. The number of nitrogens with one attached hydrogen (secondary N) is 1. The van der Waals surface area contributed by atoms with Gasteiger partial charge in [-0.1, -0.05) is 6.07 Å². The number of aromatic nitrogens is 2. The predicted molar refractivity (Wildman–Crippen MR) is 71.8 cm³/mol. The molecule has 2 nitrogen and oxygen atoms in total. The SMILES string of the molecule is Cc1cc(-c2nc3c(F)cccc3[nH]2)sc1Br. The highest BCUT2D eigenvalue weighted by Gasteiger charge is 2.11. The molecule has 17 heavy (non-hydrogen) atoms. The lowest BCUT2D eigenvalue weighted by Gasteiger charge is -1.86. The zero-order valence-corrected chi connectivity index (χ0v) is 11.3. The number of halogens is 2. The number of benzene rings is 1. The van der Waals surface area contributed by atoms with E-state index < -0.39 is 0 Å². The number of aryl methyl sites for hydroxylation is 1. The first kappa shape index (κ1) is 10.9. The molecule has 5 heteroatoms. The quantitative estimate of drug-likeness (QED) is 0.704. The molecule has 0 unspecified atom stereocenters. The van der Waals surface area contributed by atoms with Crippen molar-refractivity contribution in [1.29, 1.82) is 0 Å². The maximum absolute atomic E-state index is 13.5. The van der Waals surface area contributed by atoms with E-state index in [1.54, 1.807) is 17.4 Å². The third-order valence-electron chi connectivity index (χ3n) is 2.55. The van der Waals surface area contributed by atoms with Crippen molar-refractivity contribution in [2.24, 2.45) is 0 Å². The van der Waals surface area contributed by atoms with Gasteiger partial charge in [-0.2, -0.15) is 0 Å². The summed E-state index contributed by atoms with van der Waals surface area (Å²) in [5, 5.41) is 0. The normalized spacial score (nSPS) is 11.2. The molecule has 0 bridgehead atoms. The minimum Gasteiger partial charge on any atom is -0.337 e. The van der Waals surface area contributed by atoms with E-state index in [1.165, 1.54) is 6.07 Å². The number of imidazole rings is 1. The summed E-state index contributed by atoms with van der Waals surface area (Å²) < 4.78 is 14.6. The lowest BCUT2D eigenvalue weighted by Crippen LogP contribution is -1.76. The number of fused-ring (bicyclic) bond motifs is 1. The smallest absolute Gasteiger partial charge is 0.151 e. The van der Waals surface area contributed by atoms with Gasteiger partial charge >= 0.3 is 0 Å². The van der Waals surface area contributed by atoms with Crippen LogP contribution >= 0.6 is 27.3 Å². The average molecular weight is 311 g/mol. The van der Waals surface area contributed by atoms with Crippen LogP contribution in [-0.4, -0.2) is 9.97 Å². The van der Waals surface area contributed by atoms with Crippen LogP contribution in [0.15, 0.2) is 28.1 Å². The highest BCUT2D eigenvalue weighted by Crippen LogP contribution is 2.34. The van der Waals surface area contributed by atoms with Crippen molar-refractivity contribution in [3.63, 3.8) is 0 Å². The number of hydrogen-bond acceptors (Lipinski definition) is 2. The summed E-state index contributed by atoms with van der Waals surface area (Å²) in [6.45, 7) is 2.02. The summed E-state index contributed by atoms with van der Waals surface area (Å²) in [5.41, 5.74) is 2.28. The topological polar surface area (TPSA) is 28.7 Å². The van der Waals surface area contributed by atoms with Crippen LogP contribution in [0.4, 0.5) is 4.39 Å². The van der Waals surface area contributed by atoms with Gasteiger partial charge in [0.05, 0.1) is 14.2 Å². The Morgan fingerprint density at radius 3 is 2.88 bits per heavy atom. The summed E-state index contributed by atoms with van der Waals surface area (Å²) in [5.74, 6) is 0.418. The molecule has 0 saturated carbocycles. The van der Waals surface area contributed by atoms with Crippen molar-refractivity contribution in [2.75, 3.05) is 0 Å². The Balaban J connectivity index is 2.21. The number of para-hydroxylation sites is 1. The van der Waals surface area contributed by atoms with Gasteiger partial charge in [-0.05, 0) is 46.6 Å². The van der Waals surface area contributed by atoms with E-state index in [9.17, 15) is 4.39 Å². The molecule has 2 heterocycles. The predicted octanol–water partition coefficient (Wildman–Crippen LogP) is 4.50. The molecule has 0 amide bonds. The molecule has 3 aromatic rings. The first-order chi connectivity index (χ1) is 8.15. The van der Waals surface area contributed by atoms with Gasteiger partial charge in [-0.3, -0.25) is 0 Å². The second-order valence-electron chi connectivity index (χ2n) is 3.79. The second-order valence-corrected chi connectivity index (χ2v) is 6.16. The minimum atomic E-state index is -0.294. The molecule has 0 aliphatic heterocycles. The molecule has 0 atom stereocenters. The molecule has 1 aromatic carbocycles. The van der Waals surface area contributed by atoms with Crippen LogP contribution in [0.25, 0.3) is 21.7 Å². The highest BCUT2D eigenvalue weighted by atomic mass is 79.9. The Kier molecular flexibility index (Phi) is 2.52. The maximum Gasteiger partial charge on any atom is 0.151 e. The van der Waals surface area contributed by atoms with Gasteiger partial charge in [0.15, 0.2) is 5.82 Å². The lowest BCUT2D eigenvalue weighted by molar-refractivity contribution is 0.637. The van der Waals surface area contributed by atoms with Crippen molar-refractivity contribution in [2.45, 2.75) is 6.92 Å². The number of aromatic amines is 1. The van der Waals surface area contributed by atoms with Crippen LogP contribution in [-0.2, 0) is 0 Å². The lowest BCUT2D eigenvalue weighted by atomic mass is 10.3. The van der Waals surface area contributed by atoms with Crippen molar-refractivity contribution in [3.05, 3.63) is 39.4 Å². The van der Waals surface area contributed by atoms with Crippen molar-refractivity contribution >= 4 is 38.3 Å². The molecule has 3 rings (SSSR count). The molecule has 86 valence electrons.